The predicted octanol–water partition coefficient (Wildman–Crippen LogP) is 0.422. The van der Waals surface area contributed by atoms with E-state index in [1.54, 1.807) is 17.4 Å². The van der Waals surface area contributed by atoms with E-state index in [1.165, 1.54) is 28.9 Å². The molecule has 8 heteroatoms. The van der Waals surface area contributed by atoms with E-state index in [9.17, 15) is 13.2 Å². The molecule has 3 N–H and O–H groups in total. The van der Waals surface area contributed by atoms with Crippen LogP contribution in [0.15, 0.2) is 46.1 Å². The van der Waals surface area contributed by atoms with Gasteiger partial charge in [-0.3, -0.25) is 9.89 Å². The number of H-pyrrole nitrogens is 1. The normalized spacial score (nSPS) is 12.7. The molecule has 0 fully saturated rings. The number of sulfonamides is 1. The van der Waals surface area contributed by atoms with Crippen molar-refractivity contribution in [1.82, 2.24) is 9.78 Å². The van der Waals surface area contributed by atoms with E-state index in [0.29, 0.717) is 16.3 Å². The number of nitrogens with two attached hydrogens (primary N) is 1. The minimum Gasteiger partial charge on any atom is -0.291 e. The van der Waals surface area contributed by atoms with Crippen molar-refractivity contribution in [1.29, 1.82) is 0 Å². The maximum absolute atomic E-state index is 12.6. The lowest BCUT2D eigenvalue weighted by Gasteiger charge is -2.02. The Kier molecular flexibility index (Phi) is 4.04. The molecule has 0 unspecified atom stereocenters. The third-order valence-corrected chi connectivity index (χ3v) is 5.35. The van der Waals surface area contributed by atoms with Crippen LogP contribution in [0.2, 0.25) is 0 Å². The zero-order valence-corrected chi connectivity index (χ0v) is 14.4. The van der Waals surface area contributed by atoms with E-state index in [-0.39, 0.29) is 10.5 Å². The van der Waals surface area contributed by atoms with E-state index in [1.807, 2.05) is 19.1 Å². The Hall–Kier alpha value is -2.42. The summed E-state index contributed by atoms with van der Waals surface area (Å²) in [6, 6.07) is 9.65. The molecule has 2 heterocycles. The van der Waals surface area contributed by atoms with Gasteiger partial charge < -0.3 is 0 Å². The number of primary sulfonamides is 1. The third-order valence-electron chi connectivity index (χ3n) is 3.48. The second-order valence-corrected chi connectivity index (χ2v) is 8.16. The van der Waals surface area contributed by atoms with Crippen LogP contribution < -0.4 is 21.3 Å². The summed E-state index contributed by atoms with van der Waals surface area (Å²) in [5.41, 5.74) is 0.244. The Morgan fingerprint density at radius 1 is 1.21 bits per heavy atom. The summed E-state index contributed by atoms with van der Waals surface area (Å²) in [4.78, 5) is 14.7. The highest BCUT2D eigenvalue weighted by Crippen LogP contribution is 2.15. The van der Waals surface area contributed by atoms with Gasteiger partial charge >= 0.3 is 0 Å². The summed E-state index contributed by atoms with van der Waals surface area (Å²) in [5.74, 6) is 0. The molecule has 0 aliphatic carbocycles. The first-order valence-electron chi connectivity index (χ1n) is 6.97. The van der Waals surface area contributed by atoms with Gasteiger partial charge in [-0.05, 0) is 49.4 Å². The van der Waals surface area contributed by atoms with Crippen molar-refractivity contribution in [2.45, 2.75) is 11.8 Å². The number of aromatic amines is 1. The molecule has 6 nitrogen and oxygen atoms in total. The van der Waals surface area contributed by atoms with Gasteiger partial charge in [0.15, 0.2) is 0 Å². The van der Waals surface area contributed by atoms with Crippen LogP contribution in [0.5, 0.6) is 0 Å². The Morgan fingerprint density at radius 3 is 2.42 bits per heavy atom. The van der Waals surface area contributed by atoms with Crippen LogP contribution in [-0.2, 0) is 10.0 Å². The number of nitrogens with one attached hydrogen (secondary N) is 1. The molecule has 1 aromatic carbocycles. The monoisotopic (exact) mass is 361 g/mol. The van der Waals surface area contributed by atoms with Crippen molar-refractivity contribution in [2.24, 2.45) is 5.14 Å². The third kappa shape index (κ3) is 3.12. The molecule has 0 aliphatic heterocycles. The maximum atomic E-state index is 12.6. The summed E-state index contributed by atoms with van der Waals surface area (Å²) in [7, 11) is -3.77. The Balaban J connectivity index is 2.11. The maximum Gasteiger partial charge on any atom is 0.279 e. The van der Waals surface area contributed by atoms with Crippen LogP contribution in [-0.4, -0.2) is 18.2 Å². The van der Waals surface area contributed by atoms with Gasteiger partial charge in [-0.15, -0.1) is 11.3 Å². The van der Waals surface area contributed by atoms with Crippen LogP contribution >= 0.6 is 11.3 Å². The van der Waals surface area contributed by atoms with Crippen LogP contribution in [0.25, 0.3) is 18.3 Å². The molecule has 3 rings (SSSR count). The molecule has 0 amide bonds. The molecule has 0 saturated heterocycles. The smallest absolute Gasteiger partial charge is 0.279 e. The number of benzene rings is 1. The van der Waals surface area contributed by atoms with Gasteiger partial charge in [-0.2, -0.15) is 0 Å². The Labute approximate surface area is 142 Å². The molecule has 124 valence electrons. The second-order valence-electron chi connectivity index (χ2n) is 5.28. The molecule has 0 aliphatic rings. The molecular formula is C16H15N3O3S2. The highest BCUT2D eigenvalue weighted by Gasteiger charge is 2.09. The molecule has 0 atom stereocenters. The van der Waals surface area contributed by atoms with Crippen LogP contribution in [0.1, 0.15) is 9.75 Å². The van der Waals surface area contributed by atoms with Gasteiger partial charge in [-0.1, -0.05) is 6.58 Å². The molecule has 3 aromatic rings. The van der Waals surface area contributed by atoms with Crippen LogP contribution in [0.3, 0.4) is 0 Å². The van der Waals surface area contributed by atoms with Gasteiger partial charge in [0.1, 0.15) is 0 Å². The second kappa shape index (κ2) is 5.90. The van der Waals surface area contributed by atoms with E-state index in [2.05, 4.69) is 11.7 Å². The van der Waals surface area contributed by atoms with Gasteiger partial charge in [0, 0.05) is 9.75 Å². The summed E-state index contributed by atoms with van der Waals surface area (Å²) in [6.45, 7) is 5.86. The zero-order valence-electron chi connectivity index (χ0n) is 12.8. The lowest BCUT2D eigenvalue weighted by molar-refractivity contribution is 0.598. The minimum atomic E-state index is -3.77. The average molecular weight is 361 g/mol. The molecule has 0 spiro atoms. The standard InChI is InChI=1S/C16H15N3O3S2/c1-10-3-6-13(23-10)9-15-11(2)18-19(16(15)20)12-4-7-14(8-5-12)24(17,21)22/h3-9,18H,2H2,1H3,(H2,17,21,22)/b15-9+. The lowest BCUT2D eigenvalue weighted by Crippen LogP contribution is -2.33. The first-order chi connectivity index (χ1) is 11.3. The Bertz CT molecular complexity index is 1170. The summed E-state index contributed by atoms with van der Waals surface area (Å²) in [6.07, 6.45) is 1.79. The number of rotatable bonds is 3. The predicted molar refractivity (Wildman–Crippen MR) is 95.2 cm³/mol. The van der Waals surface area contributed by atoms with E-state index in [0.717, 1.165) is 9.75 Å². The van der Waals surface area contributed by atoms with Crippen molar-refractivity contribution < 1.29 is 8.42 Å². The largest absolute Gasteiger partial charge is 0.291 e. The summed E-state index contributed by atoms with van der Waals surface area (Å²) < 4.78 is 23.9. The van der Waals surface area contributed by atoms with Crippen molar-refractivity contribution in [3.8, 4) is 5.69 Å². The first-order valence-corrected chi connectivity index (χ1v) is 9.33. The number of hydrogen-bond donors (Lipinski definition) is 2. The molecule has 0 radical (unpaired) electrons. The minimum absolute atomic E-state index is 0.0125. The highest BCUT2D eigenvalue weighted by atomic mass is 32.2. The molecule has 0 saturated carbocycles. The average Bonchev–Trinajstić information content (AvgIpc) is 3.05. The lowest BCUT2D eigenvalue weighted by atomic mass is 10.3. The van der Waals surface area contributed by atoms with Gasteiger partial charge in [-0.25, -0.2) is 18.2 Å². The first kappa shape index (κ1) is 16.4. The van der Waals surface area contributed by atoms with Gasteiger partial charge in [0.2, 0.25) is 10.0 Å². The van der Waals surface area contributed by atoms with Gasteiger partial charge in [0.05, 0.1) is 21.2 Å². The van der Waals surface area contributed by atoms with Gasteiger partial charge in [0.25, 0.3) is 5.56 Å². The fraction of sp³-hybridized carbons (Fsp3) is 0.0625. The van der Waals surface area contributed by atoms with Crippen molar-refractivity contribution in [2.75, 3.05) is 0 Å². The van der Waals surface area contributed by atoms with E-state index < -0.39 is 10.0 Å². The number of thiophene rings is 1. The molecular weight excluding hydrogens is 346 g/mol. The van der Waals surface area contributed by atoms with E-state index >= 15 is 0 Å². The van der Waals surface area contributed by atoms with Crippen molar-refractivity contribution in [3.63, 3.8) is 0 Å². The van der Waals surface area contributed by atoms with Crippen LogP contribution in [0.4, 0.5) is 0 Å². The number of nitrogens with zero attached hydrogens (tertiary/aromatic N) is 1. The van der Waals surface area contributed by atoms with Crippen LogP contribution in [0, 0.1) is 6.92 Å². The molecule has 0 bridgehead atoms. The SMILES string of the molecule is C=c1[nH]n(-c2ccc(S(N)(=O)=O)cc2)c(=O)/c1=C/c1ccc(C)s1. The number of hydrogen-bond acceptors (Lipinski definition) is 4. The number of aryl methyl sites for hydroxylation is 1. The van der Waals surface area contributed by atoms with Crippen molar-refractivity contribution >= 4 is 34.0 Å². The summed E-state index contributed by atoms with van der Waals surface area (Å²) in [5, 5.41) is 8.93. The molecule has 24 heavy (non-hydrogen) atoms. The molecule has 2 aromatic heterocycles. The quantitative estimate of drug-likeness (QED) is 0.707. The summed E-state index contributed by atoms with van der Waals surface area (Å²) >= 11 is 1.58. The van der Waals surface area contributed by atoms with E-state index in [4.69, 9.17) is 5.14 Å². The topological polar surface area (TPSA) is 97.9 Å². The van der Waals surface area contributed by atoms with Crippen molar-refractivity contribution in [3.05, 3.63) is 67.1 Å². The fourth-order valence-corrected chi connectivity index (χ4v) is 3.62. The Morgan fingerprint density at radius 2 is 1.88 bits per heavy atom. The number of aromatic nitrogens is 2. The zero-order chi connectivity index (χ0) is 17.5. The highest BCUT2D eigenvalue weighted by molar-refractivity contribution is 7.89. The fourth-order valence-electron chi connectivity index (χ4n) is 2.28.